The molecule has 0 N–H and O–H groups in total. The number of methoxy groups -OCH3 is 2. The second-order valence-electron chi connectivity index (χ2n) is 7.23. The van der Waals surface area contributed by atoms with Crippen LogP contribution in [0.25, 0.3) is 16.8 Å². The van der Waals surface area contributed by atoms with Crippen molar-refractivity contribution in [1.29, 1.82) is 0 Å². The fourth-order valence-corrected chi connectivity index (χ4v) is 3.72. The molecule has 6 nitrogen and oxygen atoms in total. The molecule has 0 aliphatic heterocycles. The van der Waals surface area contributed by atoms with Gasteiger partial charge in [0.1, 0.15) is 17.9 Å². The summed E-state index contributed by atoms with van der Waals surface area (Å²) >= 11 is 0. The van der Waals surface area contributed by atoms with Crippen molar-refractivity contribution in [3.05, 3.63) is 71.1 Å². The second kappa shape index (κ2) is 8.10. The topological polar surface area (TPSA) is 61.5 Å². The Balaban J connectivity index is 1.69. The summed E-state index contributed by atoms with van der Waals surface area (Å²) in [6.45, 7) is 3.86. The number of aromatic nitrogens is 4. The number of hydrogen-bond acceptors (Lipinski definition) is 5. The van der Waals surface area contributed by atoms with Gasteiger partial charge in [0.2, 0.25) is 5.88 Å². The minimum Gasteiger partial charge on any atom is -0.496 e. The predicted molar refractivity (Wildman–Crippen MR) is 113 cm³/mol. The number of fused-ring (bicyclic) bond motifs is 1. The zero-order valence-corrected chi connectivity index (χ0v) is 17.4. The number of aryl methyl sites for hydroxylation is 3. The van der Waals surface area contributed by atoms with Crippen molar-refractivity contribution in [2.24, 2.45) is 0 Å². The molecule has 4 aromatic rings. The van der Waals surface area contributed by atoms with Crippen LogP contribution in [0.15, 0.2) is 42.9 Å². The molecule has 0 radical (unpaired) electrons. The molecule has 0 amide bonds. The molecule has 1 aromatic carbocycles. The maximum absolute atomic E-state index is 14.5. The fraction of sp³-hybridized carbons (Fsp3) is 0.261. The Morgan fingerprint density at radius 3 is 2.57 bits per heavy atom. The van der Waals surface area contributed by atoms with Gasteiger partial charge in [0.25, 0.3) is 0 Å². The number of hydrogen-bond donors (Lipinski definition) is 0. The number of ether oxygens (including phenoxy) is 2. The van der Waals surface area contributed by atoms with Crippen LogP contribution in [0.2, 0.25) is 0 Å². The van der Waals surface area contributed by atoms with Crippen LogP contribution in [0.3, 0.4) is 0 Å². The predicted octanol–water partition coefficient (Wildman–Crippen LogP) is 4.35. The summed E-state index contributed by atoms with van der Waals surface area (Å²) in [5, 5.41) is 8.41. The summed E-state index contributed by atoms with van der Waals surface area (Å²) in [6.07, 6.45) is 4.59. The van der Waals surface area contributed by atoms with E-state index >= 15 is 0 Å². The van der Waals surface area contributed by atoms with Gasteiger partial charge in [-0.2, -0.15) is 0 Å². The van der Waals surface area contributed by atoms with E-state index in [0.717, 1.165) is 33.6 Å². The largest absolute Gasteiger partial charge is 0.496 e. The van der Waals surface area contributed by atoms with E-state index in [0.29, 0.717) is 30.0 Å². The third-order valence-electron chi connectivity index (χ3n) is 5.28. The number of benzene rings is 1. The molecule has 3 heterocycles. The van der Waals surface area contributed by atoms with Crippen molar-refractivity contribution >= 4 is 5.65 Å². The highest BCUT2D eigenvalue weighted by Gasteiger charge is 2.15. The van der Waals surface area contributed by atoms with Gasteiger partial charge >= 0.3 is 0 Å². The van der Waals surface area contributed by atoms with E-state index in [1.165, 1.54) is 6.07 Å². The summed E-state index contributed by atoms with van der Waals surface area (Å²) in [7, 11) is 3.16. The van der Waals surface area contributed by atoms with Crippen molar-refractivity contribution in [2.45, 2.75) is 26.7 Å². The average molecular weight is 406 g/mol. The first-order chi connectivity index (χ1) is 14.5. The van der Waals surface area contributed by atoms with Gasteiger partial charge in [0.05, 0.1) is 14.2 Å². The molecule has 0 spiro atoms. The SMILES string of the molecule is COc1cc(C)c(-c2ccc(CCc3c(F)cc(C)cc3OC)n3cnnc23)cn1. The maximum atomic E-state index is 14.5. The smallest absolute Gasteiger partial charge is 0.213 e. The Bertz CT molecular complexity index is 1220. The van der Waals surface area contributed by atoms with Gasteiger partial charge in [-0.05, 0) is 62.1 Å². The van der Waals surface area contributed by atoms with E-state index in [9.17, 15) is 4.39 Å². The number of nitrogens with zero attached hydrogens (tertiary/aromatic N) is 4. The third-order valence-corrected chi connectivity index (χ3v) is 5.28. The molecule has 0 bridgehead atoms. The van der Waals surface area contributed by atoms with Crippen LogP contribution in [0.4, 0.5) is 4.39 Å². The van der Waals surface area contributed by atoms with Gasteiger partial charge in [-0.15, -0.1) is 10.2 Å². The molecule has 0 atom stereocenters. The molecule has 0 saturated carbocycles. The third kappa shape index (κ3) is 3.58. The van der Waals surface area contributed by atoms with E-state index in [4.69, 9.17) is 9.47 Å². The maximum Gasteiger partial charge on any atom is 0.213 e. The summed E-state index contributed by atoms with van der Waals surface area (Å²) < 4.78 is 27.1. The molecule has 3 aromatic heterocycles. The molecular weight excluding hydrogens is 383 g/mol. The molecule has 0 fully saturated rings. The Labute approximate surface area is 174 Å². The van der Waals surface area contributed by atoms with Crippen molar-refractivity contribution < 1.29 is 13.9 Å². The Morgan fingerprint density at radius 2 is 1.83 bits per heavy atom. The standard InChI is InChI=1S/C23H23FN4O2/c1-14-9-20(24)18(21(10-14)29-3)8-6-16-5-7-17(23-27-26-13-28(16)23)19-12-25-22(30-4)11-15(19)2/h5,7,9-13H,6,8H2,1-4H3. The van der Waals surface area contributed by atoms with Crippen LogP contribution in [-0.2, 0) is 12.8 Å². The lowest BCUT2D eigenvalue weighted by molar-refractivity contribution is 0.397. The lowest BCUT2D eigenvalue weighted by Crippen LogP contribution is -2.04. The minimum absolute atomic E-state index is 0.247. The van der Waals surface area contributed by atoms with E-state index in [-0.39, 0.29) is 5.82 Å². The van der Waals surface area contributed by atoms with Gasteiger partial charge in [0.15, 0.2) is 5.65 Å². The van der Waals surface area contributed by atoms with Gasteiger partial charge in [-0.25, -0.2) is 9.37 Å². The van der Waals surface area contributed by atoms with Gasteiger partial charge in [-0.1, -0.05) is 0 Å². The molecule has 7 heteroatoms. The lowest BCUT2D eigenvalue weighted by Gasteiger charge is -2.13. The molecule has 0 saturated heterocycles. The highest BCUT2D eigenvalue weighted by atomic mass is 19.1. The summed E-state index contributed by atoms with van der Waals surface area (Å²) in [6, 6.07) is 9.32. The monoisotopic (exact) mass is 406 g/mol. The van der Waals surface area contributed by atoms with Crippen LogP contribution in [0.1, 0.15) is 22.4 Å². The summed E-state index contributed by atoms with van der Waals surface area (Å²) in [5.41, 5.74) is 6.06. The van der Waals surface area contributed by atoms with E-state index in [1.807, 2.05) is 42.5 Å². The van der Waals surface area contributed by atoms with Crippen LogP contribution >= 0.6 is 0 Å². The molecule has 30 heavy (non-hydrogen) atoms. The summed E-state index contributed by atoms with van der Waals surface area (Å²) in [4.78, 5) is 4.32. The van der Waals surface area contributed by atoms with E-state index < -0.39 is 0 Å². The minimum atomic E-state index is -0.247. The van der Waals surface area contributed by atoms with Crippen LogP contribution in [-0.4, -0.2) is 33.8 Å². The quantitative estimate of drug-likeness (QED) is 0.476. The van der Waals surface area contributed by atoms with Crippen LogP contribution < -0.4 is 9.47 Å². The zero-order chi connectivity index (χ0) is 21.3. The Hall–Kier alpha value is -3.48. The molecule has 0 aliphatic carbocycles. The van der Waals surface area contributed by atoms with Crippen LogP contribution in [0.5, 0.6) is 11.6 Å². The first-order valence-electron chi connectivity index (χ1n) is 9.67. The van der Waals surface area contributed by atoms with E-state index in [1.54, 1.807) is 26.7 Å². The highest BCUT2D eigenvalue weighted by molar-refractivity contribution is 5.79. The molecule has 0 aliphatic rings. The van der Waals surface area contributed by atoms with Gasteiger partial charge in [0, 0.05) is 34.6 Å². The number of halogens is 1. The Morgan fingerprint density at radius 1 is 1.00 bits per heavy atom. The number of pyridine rings is 2. The van der Waals surface area contributed by atoms with Gasteiger partial charge < -0.3 is 9.47 Å². The van der Waals surface area contributed by atoms with Crippen LogP contribution in [0, 0.1) is 19.7 Å². The summed E-state index contributed by atoms with van der Waals surface area (Å²) in [5.74, 6) is 0.895. The van der Waals surface area contributed by atoms with Crippen molar-refractivity contribution in [1.82, 2.24) is 19.6 Å². The van der Waals surface area contributed by atoms with Crippen molar-refractivity contribution in [2.75, 3.05) is 14.2 Å². The second-order valence-corrected chi connectivity index (χ2v) is 7.23. The average Bonchev–Trinajstić information content (AvgIpc) is 3.23. The van der Waals surface area contributed by atoms with Crippen molar-refractivity contribution in [3.63, 3.8) is 0 Å². The first-order valence-corrected chi connectivity index (χ1v) is 9.67. The highest BCUT2D eigenvalue weighted by Crippen LogP contribution is 2.30. The Kier molecular flexibility index (Phi) is 5.35. The normalized spacial score (nSPS) is 11.1. The first kappa shape index (κ1) is 19.8. The molecule has 154 valence electrons. The fourth-order valence-electron chi connectivity index (χ4n) is 3.72. The lowest BCUT2D eigenvalue weighted by atomic mass is 10.0. The molecule has 4 rings (SSSR count). The van der Waals surface area contributed by atoms with E-state index in [2.05, 4.69) is 15.2 Å². The molecular formula is C23H23FN4O2. The van der Waals surface area contributed by atoms with Crippen molar-refractivity contribution in [3.8, 4) is 22.8 Å². The number of rotatable bonds is 6. The molecule has 0 unspecified atom stereocenters. The van der Waals surface area contributed by atoms with Gasteiger partial charge in [-0.3, -0.25) is 4.40 Å². The zero-order valence-electron chi connectivity index (χ0n) is 17.4.